The van der Waals surface area contributed by atoms with Crippen molar-refractivity contribution in [3.8, 4) is 5.75 Å². The number of nitrogens with zero attached hydrogens (tertiary/aromatic N) is 2. The summed E-state index contributed by atoms with van der Waals surface area (Å²) < 4.78 is 29.9. The Labute approximate surface area is 174 Å². The van der Waals surface area contributed by atoms with E-state index in [-0.39, 0.29) is 35.7 Å². The molecule has 0 unspecified atom stereocenters. The molecule has 7 heteroatoms. The Bertz CT molecular complexity index is 950. The third-order valence-electron chi connectivity index (χ3n) is 5.84. The Balaban J connectivity index is 1.52. The standard InChI is InChI=1S/C23H24F2N2O3/c1-15-13-16-7-2-4-10-19(16)27(15)21(28)17-8-6-12-26(14-17)22(29)18-9-3-5-11-20(18)30-23(24)25/h2-5,7,9-11,15,17,23H,6,8,12-14H2,1H3/t15-,17+/m0/s1. The summed E-state index contributed by atoms with van der Waals surface area (Å²) in [5.74, 6) is -0.840. The van der Waals surface area contributed by atoms with Crippen LogP contribution in [0.5, 0.6) is 5.75 Å². The van der Waals surface area contributed by atoms with Crippen molar-refractivity contribution < 1.29 is 23.1 Å². The van der Waals surface area contributed by atoms with Crippen molar-refractivity contribution in [1.29, 1.82) is 0 Å². The number of hydrogen-bond donors (Lipinski definition) is 0. The van der Waals surface area contributed by atoms with Gasteiger partial charge in [0.1, 0.15) is 5.75 Å². The highest BCUT2D eigenvalue weighted by molar-refractivity contribution is 6.00. The fourth-order valence-electron chi connectivity index (χ4n) is 4.47. The van der Waals surface area contributed by atoms with Gasteiger partial charge in [-0.05, 0) is 49.9 Å². The van der Waals surface area contributed by atoms with Crippen LogP contribution in [0, 0.1) is 5.92 Å². The van der Waals surface area contributed by atoms with Gasteiger partial charge < -0.3 is 14.5 Å². The molecule has 2 aromatic carbocycles. The van der Waals surface area contributed by atoms with Crippen LogP contribution in [0.1, 0.15) is 35.7 Å². The molecule has 2 aliphatic heterocycles. The number of benzene rings is 2. The molecule has 1 fully saturated rings. The molecular formula is C23H24F2N2O3. The van der Waals surface area contributed by atoms with E-state index in [0.717, 1.165) is 17.7 Å². The fourth-order valence-corrected chi connectivity index (χ4v) is 4.47. The predicted octanol–water partition coefficient (Wildman–Crippen LogP) is 4.12. The van der Waals surface area contributed by atoms with Gasteiger partial charge in [-0.1, -0.05) is 30.3 Å². The van der Waals surface area contributed by atoms with Crippen LogP contribution in [0.25, 0.3) is 0 Å². The molecule has 2 aliphatic rings. The first kappa shape index (κ1) is 20.3. The molecule has 5 nitrogen and oxygen atoms in total. The first-order valence-electron chi connectivity index (χ1n) is 10.2. The van der Waals surface area contributed by atoms with Crippen molar-refractivity contribution in [2.45, 2.75) is 38.8 Å². The maximum Gasteiger partial charge on any atom is 0.387 e. The van der Waals surface area contributed by atoms with Gasteiger partial charge in [0.25, 0.3) is 5.91 Å². The Kier molecular flexibility index (Phi) is 5.70. The lowest BCUT2D eigenvalue weighted by Gasteiger charge is -2.35. The number of fused-ring (bicyclic) bond motifs is 1. The van der Waals surface area contributed by atoms with Crippen LogP contribution >= 0.6 is 0 Å². The van der Waals surface area contributed by atoms with Crippen molar-refractivity contribution >= 4 is 17.5 Å². The summed E-state index contributed by atoms with van der Waals surface area (Å²) in [5, 5.41) is 0. The van der Waals surface area contributed by atoms with E-state index in [0.29, 0.717) is 19.4 Å². The largest absolute Gasteiger partial charge is 0.434 e. The van der Waals surface area contributed by atoms with E-state index in [1.165, 1.54) is 12.1 Å². The monoisotopic (exact) mass is 414 g/mol. The van der Waals surface area contributed by atoms with E-state index >= 15 is 0 Å². The quantitative estimate of drug-likeness (QED) is 0.756. The van der Waals surface area contributed by atoms with Gasteiger partial charge in [0, 0.05) is 24.8 Å². The van der Waals surface area contributed by atoms with Gasteiger partial charge in [0.2, 0.25) is 5.91 Å². The highest BCUT2D eigenvalue weighted by Crippen LogP contribution is 2.34. The molecule has 2 atom stereocenters. The number of piperidine rings is 1. The molecule has 2 amide bonds. The predicted molar refractivity (Wildman–Crippen MR) is 109 cm³/mol. The zero-order valence-corrected chi connectivity index (χ0v) is 16.8. The maximum absolute atomic E-state index is 13.4. The number of anilines is 1. The second-order valence-electron chi connectivity index (χ2n) is 7.86. The Hall–Kier alpha value is -2.96. The van der Waals surface area contributed by atoms with Crippen LogP contribution in [0.4, 0.5) is 14.5 Å². The van der Waals surface area contributed by atoms with Crippen LogP contribution in [0.15, 0.2) is 48.5 Å². The number of amides is 2. The van der Waals surface area contributed by atoms with Gasteiger partial charge in [0.15, 0.2) is 0 Å². The molecule has 158 valence electrons. The van der Waals surface area contributed by atoms with Gasteiger partial charge in [-0.25, -0.2) is 0 Å². The number of ether oxygens (including phenoxy) is 1. The fraction of sp³-hybridized carbons (Fsp3) is 0.391. The van der Waals surface area contributed by atoms with E-state index in [1.54, 1.807) is 17.0 Å². The van der Waals surface area contributed by atoms with Crippen LogP contribution < -0.4 is 9.64 Å². The van der Waals surface area contributed by atoms with E-state index < -0.39 is 12.5 Å². The summed E-state index contributed by atoms with van der Waals surface area (Å²) in [4.78, 5) is 29.8. The van der Waals surface area contributed by atoms with Crippen LogP contribution in [-0.4, -0.2) is 42.5 Å². The van der Waals surface area contributed by atoms with Crippen molar-refractivity contribution in [2.24, 2.45) is 5.92 Å². The van der Waals surface area contributed by atoms with Crippen LogP contribution in [0.3, 0.4) is 0 Å². The smallest absolute Gasteiger partial charge is 0.387 e. The molecule has 0 bridgehead atoms. The molecule has 0 N–H and O–H groups in total. The van der Waals surface area contributed by atoms with E-state index in [4.69, 9.17) is 0 Å². The Morgan fingerprint density at radius 1 is 1.10 bits per heavy atom. The first-order chi connectivity index (χ1) is 14.5. The van der Waals surface area contributed by atoms with Crippen LogP contribution in [-0.2, 0) is 11.2 Å². The number of carbonyl (C=O) groups excluding carboxylic acids is 2. The van der Waals surface area contributed by atoms with Gasteiger partial charge in [-0.15, -0.1) is 0 Å². The number of rotatable bonds is 4. The zero-order chi connectivity index (χ0) is 21.3. The van der Waals surface area contributed by atoms with E-state index in [2.05, 4.69) is 4.74 Å². The lowest BCUT2D eigenvalue weighted by Crippen LogP contribution is -2.48. The zero-order valence-electron chi connectivity index (χ0n) is 16.8. The summed E-state index contributed by atoms with van der Waals surface area (Å²) in [6, 6.07) is 14.0. The molecule has 30 heavy (non-hydrogen) atoms. The first-order valence-corrected chi connectivity index (χ1v) is 10.2. The summed E-state index contributed by atoms with van der Waals surface area (Å²) in [7, 11) is 0. The molecule has 0 aliphatic carbocycles. The van der Waals surface area contributed by atoms with Crippen LogP contribution in [0.2, 0.25) is 0 Å². The molecule has 1 saturated heterocycles. The minimum absolute atomic E-state index is 0.0158. The number of alkyl halides is 2. The third-order valence-corrected chi connectivity index (χ3v) is 5.84. The van der Waals surface area contributed by atoms with Gasteiger partial charge in [0.05, 0.1) is 11.5 Å². The molecular weight excluding hydrogens is 390 g/mol. The molecule has 4 rings (SSSR count). The van der Waals surface area contributed by atoms with Crippen molar-refractivity contribution in [2.75, 3.05) is 18.0 Å². The summed E-state index contributed by atoms with van der Waals surface area (Å²) in [6.45, 7) is -0.225. The topological polar surface area (TPSA) is 49.9 Å². The van der Waals surface area contributed by atoms with E-state index in [9.17, 15) is 18.4 Å². The van der Waals surface area contributed by atoms with E-state index in [1.807, 2.05) is 36.1 Å². The molecule has 0 saturated carbocycles. The van der Waals surface area contributed by atoms with Crippen molar-refractivity contribution in [1.82, 2.24) is 4.90 Å². The highest BCUT2D eigenvalue weighted by Gasteiger charge is 2.37. The second-order valence-corrected chi connectivity index (χ2v) is 7.86. The van der Waals surface area contributed by atoms with Gasteiger partial charge in [-0.2, -0.15) is 8.78 Å². The summed E-state index contributed by atoms with van der Waals surface area (Å²) >= 11 is 0. The number of halogens is 2. The lowest BCUT2D eigenvalue weighted by molar-refractivity contribution is -0.124. The molecule has 0 aromatic heterocycles. The third kappa shape index (κ3) is 3.88. The number of likely N-dealkylation sites (tertiary alicyclic amines) is 1. The molecule has 2 heterocycles. The Morgan fingerprint density at radius 3 is 2.63 bits per heavy atom. The number of hydrogen-bond acceptors (Lipinski definition) is 3. The molecule has 0 spiro atoms. The average Bonchev–Trinajstić information content (AvgIpc) is 3.08. The Morgan fingerprint density at radius 2 is 1.83 bits per heavy atom. The average molecular weight is 414 g/mol. The SMILES string of the molecule is C[C@H]1Cc2ccccc2N1C(=O)[C@@H]1CCCN(C(=O)c2ccccc2OC(F)F)C1. The minimum Gasteiger partial charge on any atom is -0.434 e. The maximum atomic E-state index is 13.4. The summed E-state index contributed by atoms with van der Waals surface area (Å²) in [5.41, 5.74) is 2.18. The van der Waals surface area contributed by atoms with Gasteiger partial charge in [-0.3, -0.25) is 9.59 Å². The number of para-hydroxylation sites is 2. The molecule has 0 radical (unpaired) electrons. The van der Waals surface area contributed by atoms with Gasteiger partial charge >= 0.3 is 6.61 Å². The second kappa shape index (κ2) is 8.42. The number of carbonyl (C=O) groups is 2. The molecule has 2 aromatic rings. The van der Waals surface area contributed by atoms with Crippen molar-refractivity contribution in [3.05, 3.63) is 59.7 Å². The van der Waals surface area contributed by atoms with Crippen molar-refractivity contribution in [3.63, 3.8) is 0 Å². The lowest BCUT2D eigenvalue weighted by atomic mass is 9.95. The highest BCUT2D eigenvalue weighted by atomic mass is 19.3. The normalized spacial score (nSPS) is 20.9. The minimum atomic E-state index is -3.01. The summed E-state index contributed by atoms with van der Waals surface area (Å²) in [6.07, 6.45) is 2.20.